The van der Waals surface area contributed by atoms with Gasteiger partial charge in [-0.15, -0.1) is 0 Å². The molecular formula is C28H40N4O4. The first-order valence-electron chi connectivity index (χ1n) is 12.4. The number of hydrogen-bond donors (Lipinski definition) is 4. The standard InChI is InChI=1S/C28H40N4O4/c1-17(2)14-24(26(30)33)31-28(35)25(15-18(3)4)32-27(34)23(29)16-19-6-8-20(9-7-19)21-10-12-22(36-5)13-11-21/h6-13,17-18,23-25H,14-16,29H2,1-5H3,(H2,30,33)(H,31,35)(H,32,34)/t23-,24-,25-/m0/s1. The Morgan fingerprint density at radius 3 is 1.72 bits per heavy atom. The topological polar surface area (TPSA) is 137 Å². The Bertz CT molecular complexity index is 1000. The van der Waals surface area contributed by atoms with Crippen molar-refractivity contribution in [2.45, 2.75) is 65.1 Å². The highest BCUT2D eigenvalue weighted by molar-refractivity contribution is 5.92. The Hall–Kier alpha value is -3.39. The normalized spacial score (nSPS) is 13.7. The number of amides is 3. The van der Waals surface area contributed by atoms with Crippen LogP contribution >= 0.6 is 0 Å². The summed E-state index contributed by atoms with van der Waals surface area (Å²) in [6, 6.07) is 13.2. The van der Waals surface area contributed by atoms with Crippen LogP contribution in [0.25, 0.3) is 11.1 Å². The van der Waals surface area contributed by atoms with Gasteiger partial charge < -0.3 is 26.8 Å². The number of rotatable bonds is 13. The molecule has 0 fully saturated rings. The van der Waals surface area contributed by atoms with E-state index in [4.69, 9.17) is 16.2 Å². The lowest BCUT2D eigenvalue weighted by Gasteiger charge is -2.25. The molecule has 2 aromatic carbocycles. The smallest absolute Gasteiger partial charge is 0.243 e. The van der Waals surface area contributed by atoms with Gasteiger partial charge in [0, 0.05) is 0 Å². The molecule has 8 heteroatoms. The molecule has 3 atom stereocenters. The van der Waals surface area contributed by atoms with Crippen molar-refractivity contribution in [2.75, 3.05) is 7.11 Å². The van der Waals surface area contributed by atoms with Crippen molar-refractivity contribution in [2.24, 2.45) is 23.3 Å². The van der Waals surface area contributed by atoms with E-state index < -0.39 is 35.8 Å². The van der Waals surface area contributed by atoms with Gasteiger partial charge >= 0.3 is 0 Å². The van der Waals surface area contributed by atoms with Crippen molar-refractivity contribution in [3.63, 3.8) is 0 Å². The van der Waals surface area contributed by atoms with E-state index in [1.807, 2.05) is 76.2 Å². The summed E-state index contributed by atoms with van der Waals surface area (Å²) in [4.78, 5) is 37.6. The minimum Gasteiger partial charge on any atom is -0.497 e. The third-order valence-electron chi connectivity index (χ3n) is 5.88. The van der Waals surface area contributed by atoms with E-state index in [-0.39, 0.29) is 11.8 Å². The van der Waals surface area contributed by atoms with Gasteiger partial charge in [-0.2, -0.15) is 0 Å². The molecule has 0 aliphatic rings. The van der Waals surface area contributed by atoms with Crippen molar-refractivity contribution in [1.82, 2.24) is 10.6 Å². The van der Waals surface area contributed by atoms with E-state index in [0.29, 0.717) is 19.3 Å². The lowest BCUT2D eigenvalue weighted by Crippen LogP contribution is -2.56. The molecule has 0 heterocycles. The molecule has 2 rings (SSSR count). The van der Waals surface area contributed by atoms with E-state index in [0.717, 1.165) is 22.4 Å². The Balaban J connectivity index is 2.02. The molecule has 0 aliphatic carbocycles. The molecule has 196 valence electrons. The molecular weight excluding hydrogens is 456 g/mol. The Morgan fingerprint density at radius 1 is 0.778 bits per heavy atom. The number of carbonyl (C=O) groups is 3. The zero-order chi connectivity index (χ0) is 26.8. The van der Waals surface area contributed by atoms with Crippen LogP contribution < -0.4 is 26.8 Å². The van der Waals surface area contributed by atoms with E-state index >= 15 is 0 Å². The monoisotopic (exact) mass is 496 g/mol. The van der Waals surface area contributed by atoms with Crippen LogP contribution in [0.3, 0.4) is 0 Å². The number of nitrogens with two attached hydrogens (primary N) is 2. The fourth-order valence-corrected chi connectivity index (χ4v) is 3.93. The number of benzene rings is 2. The summed E-state index contributed by atoms with van der Waals surface area (Å²) < 4.78 is 5.20. The molecule has 8 nitrogen and oxygen atoms in total. The first kappa shape index (κ1) is 28.8. The average Bonchev–Trinajstić information content (AvgIpc) is 2.83. The lowest BCUT2D eigenvalue weighted by atomic mass is 9.98. The number of nitrogens with one attached hydrogen (secondary N) is 2. The van der Waals surface area contributed by atoms with Gasteiger partial charge in [-0.25, -0.2) is 0 Å². The second-order valence-corrected chi connectivity index (χ2v) is 10.0. The number of hydrogen-bond acceptors (Lipinski definition) is 5. The second-order valence-electron chi connectivity index (χ2n) is 10.0. The Kier molecular flexibility index (Phi) is 10.9. The number of ether oxygens (including phenoxy) is 1. The van der Waals surface area contributed by atoms with Crippen LogP contribution in [0.2, 0.25) is 0 Å². The zero-order valence-corrected chi connectivity index (χ0v) is 21.9. The van der Waals surface area contributed by atoms with Gasteiger partial charge in [0.15, 0.2) is 0 Å². The minimum absolute atomic E-state index is 0.139. The van der Waals surface area contributed by atoms with Gasteiger partial charge in [0.05, 0.1) is 13.2 Å². The van der Waals surface area contributed by atoms with Crippen molar-refractivity contribution >= 4 is 17.7 Å². The number of primary amides is 1. The first-order chi connectivity index (χ1) is 17.0. The van der Waals surface area contributed by atoms with Crippen LogP contribution in [0, 0.1) is 11.8 Å². The summed E-state index contributed by atoms with van der Waals surface area (Å²) in [6.07, 6.45) is 1.16. The summed E-state index contributed by atoms with van der Waals surface area (Å²) in [6.45, 7) is 7.79. The molecule has 0 saturated carbocycles. The summed E-state index contributed by atoms with van der Waals surface area (Å²) >= 11 is 0. The molecule has 0 aromatic heterocycles. The van der Waals surface area contributed by atoms with E-state index in [2.05, 4.69) is 10.6 Å². The molecule has 0 unspecified atom stereocenters. The maximum atomic E-state index is 12.9. The maximum Gasteiger partial charge on any atom is 0.243 e. The highest BCUT2D eigenvalue weighted by Gasteiger charge is 2.28. The molecule has 0 aliphatic heterocycles. The highest BCUT2D eigenvalue weighted by Crippen LogP contribution is 2.23. The molecule has 3 amide bonds. The van der Waals surface area contributed by atoms with Crippen LogP contribution in [-0.4, -0.2) is 43.0 Å². The third kappa shape index (κ3) is 9.00. The van der Waals surface area contributed by atoms with Crippen LogP contribution in [-0.2, 0) is 20.8 Å². The van der Waals surface area contributed by atoms with Gasteiger partial charge in [0.2, 0.25) is 17.7 Å². The minimum atomic E-state index is -0.832. The van der Waals surface area contributed by atoms with Crippen molar-refractivity contribution in [3.05, 3.63) is 54.1 Å². The van der Waals surface area contributed by atoms with Gasteiger partial charge in [0.25, 0.3) is 0 Å². The molecule has 6 N–H and O–H groups in total. The van der Waals surface area contributed by atoms with Gasteiger partial charge in [-0.05, 0) is 59.9 Å². The molecule has 0 saturated heterocycles. The Labute approximate surface area is 214 Å². The summed E-state index contributed by atoms with van der Waals surface area (Å²) in [5.41, 5.74) is 14.7. The van der Waals surface area contributed by atoms with Gasteiger partial charge in [-0.3, -0.25) is 14.4 Å². The molecule has 0 radical (unpaired) electrons. The van der Waals surface area contributed by atoms with Crippen LogP contribution in [0.5, 0.6) is 5.75 Å². The van der Waals surface area contributed by atoms with Crippen LogP contribution in [0.4, 0.5) is 0 Å². The van der Waals surface area contributed by atoms with Gasteiger partial charge in [0.1, 0.15) is 17.8 Å². The summed E-state index contributed by atoms with van der Waals surface area (Å²) in [5, 5.41) is 5.47. The number of carbonyl (C=O) groups excluding carboxylic acids is 3. The van der Waals surface area contributed by atoms with Crippen molar-refractivity contribution < 1.29 is 19.1 Å². The SMILES string of the molecule is COc1ccc(-c2ccc(C[C@H](N)C(=O)N[C@@H](CC(C)C)C(=O)N[C@@H](CC(C)C)C(N)=O)cc2)cc1. The first-order valence-corrected chi connectivity index (χ1v) is 12.4. The molecule has 0 bridgehead atoms. The average molecular weight is 497 g/mol. The second kappa shape index (κ2) is 13.6. The fourth-order valence-electron chi connectivity index (χ4n) is 3.93. The van der Waals surface area contributed by atoms with E-state index in [1.165, 1.54) is 0 Å². The fraction of sp³-hybridized carbons (Fsp3) is 0.464. The lowest BCUT2D eigenvalue weighted by molar-refractivity contribution is -0.132. The largest absolute Gasteiger partial charge is 0.497 e. The predicted octanol–water partition coefficient (Wildman–Crippen LogP) is 2.78. The van der Waals surface area contributed by atoms with E-state index in [9.17, 15) is 14.4 Å². The highest BCUT2D eigenvalue weighted by atomic mass is 16.5. The molecule has 36 heavy (non-hydrogen) atoms. The summed E-state index contributed by atoms with van der Waals surface area (Å²) in [5.74, 6) is -0.347. The third-order valence-corrected chi connectivity index (χ3v) is 5.88. The quantitative estimate of drug-likeness (QED) is 0.338. The van der Waals surface area contributed by atoms with Crippen molar-refractivity contribution in [3.8, 4) is 16.9 Å². The zero-order valence-electron chi connectivity index (χ0n) is 21.9. The van der Waals surface area contributed by atoms with Crippen LogP contribution in [0.15, 0.2) is 48.5 Å². The van der Waals surface area contributed by atoms with E-state index in [1.54, 1.807) is 7.11 Å². The number of methoxy groups -OCH3 is 1. The molecule has 2 aromatic rings. The van der Waals surface area contributed by atoms with Crippen molar-refractivity contribution in [1.29, 1.82) is 0 Å². The predicted molar refractivity (Wildman–Crippen MR) is 142 cm³/mol. The molecule has 0 spiro atoms. The van der Waals surface area contributed by atoms with Gasteiger partial charge in [-0.1, -0.05) is 64.1 Å². The van der Waals surface area contributed by atoms with Crippen LogP contribution in [0.1, 0.15) is 46.1 Å². The Morgan fingerprint density at radius 2 is 1.25 bits per heavy atom. The summed E-state index contributed by atoms with van der Waals surface area (Å²) in [7, 11) is 1.63. The maximum absolute atomic E-state index is 12.9.